The molecule has 1 rings (SSSR count). The quantitative estimate of drug-likeness (QED) is 0.778. The molecule has 1 N–H and O–H groups in total. The molecular weight excluding hydrogens is 262 g/mol. The molecule has 1 aromatic rings. The van der Waals surface area contributed by atoms with E-state index in [1.807, 2.05) is 18.7 Å². The molecule has 0 atom stereocenters. The van der Waals surface area contributed by atoms with Crippen molar-refractivity contribution < 1.29 is 0 Å². The van der Waals surface area contributed by atoms with Crippen molar-refractivity contribution in [2.24, 2.45) is 0 Å². The van der Waals surface area contributed by atoms with Crippen LogP contribution < -0.4 is 5.32 Å². The van der Waals surface area contributed by atoms with E-state index in [0.717, 1.165) is 12.3 Å². The predicted molar refractivity (Wildman–Crippen MR) is 83.4 cm³/mol. The molecule has 1 nitrogen and oxygen atoms in total. The van der Waals surface area contributed by atoms with Crippen LogP contribution in [0.5, 0.6) is 0 Å². The van der Waals surface area contributed by atoms with E-state index in [-0.39, 0.29) is 5.54 Å². The van der Waals surface area contributed by atoms with Gasteiger partial charge in [-0.25, -0.2) is 0 Å². The van der Waals surface area contributed by atoms with Crippen molar-refractivity contribution in [3.63, 3.8) is 0 Å². The van der Waals surface area contributed by atoms with Gasteiger partial charge in [0.05, 0.1) is 0 Å². The van der Waals surface area contributed by atoms with Crippen LogP contribution in [-0.4, -0.2) is 11.3 Å². The Morgan fingerprint density at radius 2 is 2.11 bits per heavy atom. The predicted octanol–water partition coefficient (Wildman–Crippen LogP) is 4.81. The SMILES string of the molecule is C/C(=C/Cl)CSc1cccc(CNC(C)(C)C)c1. The number of nitrogens with one attached hydrogen (secondary N) is 1. The van der Waals surface area contributed by atoms with Crippen LogP contribution in [0.3, 0.4) is 0 Å². The third-order valence-electron chi connectivity index (χ3n) is 2.37. The van der Waals surface area contributed by atoms with Gasteiger partial charge < -0.3 is 5.32 Å². The van der Waals surface area contributed by atoms with Crippen LogP contribution in [0, 0.1) is 0 Å². The monoisotopic (exact) mass is 283 g/mol. The number of halogens is 1. The Kier molecular flexibility index (Phi) is 6.27. The molecular formula is C15H22ClNS. The fourth-order valence-electron chi connectivity index (χ4n) is 1.34. The summed E-state index contributed by atoms with van der Waals surface area (Å²) in [6.45, 7) is 9.49. The summed E-state index contributed by atoms with van der Waals surface area (Å²) in [6.07, 6.45) is 0. The van der Waals surface area contributed by atoms with Gasteiger partial charge in [-0.1, -0.05) is 29.3 Å². The van der Waals surface area contributed by atoms with Crippen molar-refractivity contribution in [3.05, 3.63) is 40.9 Å². The van der Waals surface area contributed by atoms with Gasteiger partial charge in [0.1, 0.15) is 0 Å². The molecule has 0 fully saturated rings. The van der Waals surface area contributed by atoms with Crippen LogP contribution >= 0.6 is 23.4 Å². The number of rotatable bonds is 5. The van der Waals surface area contributed by atoms with E-state index >= 15 is 0 Å². The summed E-state index contributed by atoms with van der Waals surface area (Å²) >= 11 is 7.48. The molecule has 100 valence electrons. The second-order valence-electron chi connectivity index (χ2n) is 5.50. The third kappa shape index (κ3) is 6.48. The highest BCUT2D eigenvalue weighted by atomic mass is 35.5. The minimum Gasteiger partial charge on any atom is -0.308 e. The zero-order chi connectivity index (χ0) is 13.6. The summed E-state index contributed by atoms with van der Waals surface area (Å²) in [4.78, 5) is 1.29. The first-order chi connectivity index (χ1) is 8.40. The van der Waals surface area contributed by atoms with E-state index in [9.17, 15) is 0 Å². The Morgan fingerprint density at radius 3 is 2.72 bits per heavy atom. The molecule has 0 aromatic heterocycles. The van der Waals surface area contributed by atoms with Crippen LogP contribution in [0.2, 0.25) is 0 Å². The Labute approximate surface area is 120 Å². The summed E-state index contributed by atoms with van der Waals surface area (Å²) in [5.74, 6) is 0.944. The fraction of sp³-hybridized carbons (Fsp3) is 0.467. The summed E-state index contributed by atoms with van der Waals surface area (Å²) < 4.78 is 0. The molecule has 0 amide bonds. The van der Waals surface area contributed by atoms with E-state index in [2.05, 4.69) is 50.4 Å². The van der Waals surface area contributed by atoms with Crippen molar-refractivity contribution in [1.29, 1.82) is 0 Å². The van der Waals surface area contributed by atoms with Crippen LogP contribution in [-0.2, 0) is 6.54 Å². The molecule has 0 unspecified atom stereocenters. The van der Waals surface area contributed by atoms with Crippen molar-refractivity contribution in [2.45, 2.75) is 44.7 Å². The zero-order valence-corrected chi connectivity index (χ0v) is 13.2. The topological polar surface area (TPSA) is 12.0 Å². The summed E-state index contributed by atoms with van der Waals surface area (Å²) in [5.41, 5.74) is 4.32. The Hall–Kier alpha value is -0.440. The molecule has 18 heavy (non-hydrogen) atoms. The molecule has 0 bridgehead atoms. The Bertz CT molecular complexity index is 407. The van der Waals surface area contributed by atoms with Crippen molar-refractivity contribution in [2.75, 3.05) is 5.75 Å². The molecule has 0 radical (unpaired) electrons. The van der Waals surface area contributed by atoms with Gasteiger partial charge in [0.2, 0.25) is 0 Å². The maximum Gasteiger partial charge on any atom is 0.0210 e. The molecule has 0 heterocycles. The van der Waals surface area contributed by atoms with E-state index in [0.29, 0.717) is 0 Å². The van der Waals surface area contributed by atoms with Gasteiger partial charge in [-0.2, -0.15) is 0 Å². The maximum absolute atomic E-state index is 5.66. The molecule has 0 saturated carbocycles. The molecule has 1 aromatic carbocycles. The Balaban J connectivity index is 2.57. The highest BCUT2D eigenvalue weighted by Gasteiger charge is 2.08. The lowest BCUT2D eigenvalue weighted by Crippen LogP contribution is -2.35. The minimum absolute atomic E-state index is 0.154. The average molecular weight is 284 g/mol. The number of thioether (sulfide) groups is 1. The average Bonchev–Trinajstić information content (AvgIpc) is 2.33. The lowest BCUT2D eigenvalue weighted by Gasteiger charge is -2.20. The van der Waals surface area contributed by atoms with Gasteiger partial charge >= 0.3 is 0 Å². The molecule has 3 heteroatoms. The van der Waals surface area contributed by atoms with Gasteiger partial charge in [-0.3, -0.25) is 0 Å². The summed E-state index contributed by atoms with van der Waals surface area (Å²) in [5, 5.41) is 3.50. The van der Waals surface area contributed by atoms with E-state index in [4.69, 9.17) is 11.6 Å². The molecule has 0 spiro atoms. The number of hydrogen-bond acceptors (Lipinski definition) is 2. The van der Waals surface area contributed by atoms with Crippen molar-refractivity contribution in [3.8, 4) is 0 Å². The van der Waals surface area contributed by atoms with Gasteiger partial charge in [0, 0.05) is 28.3 Å². The molecule has 0 aliphatic rings. The Morgan fingerprint density at radius 1 is 1.39 bits per heavy atom. The van der Waals surface area contributed by atoms with Crippen molar-refractivity contribution in [1.82, 2.24) is 5.32 Å². The molecule has 0 aliphatic carbocycles. The van der Waals surface area contributed by atoms with E-state index in [1.54, 1.807) is 5.54 Å². The van der Waals surface area contributed by atoms with Crippen LogP contribution in [0.4, 0.5) is 0 Å². The minimum atomic E-state index is 0.154. The second-order valence-corrected chi connectivity index (χ2v) is 6.76. The summed E-state index contributed by atoms with van der Waals surface area (Å²) in [7, 11) is 0. The third-order valence-corrected chi connectivity index (χ3v) is 3.93. The smallest absolute Gasteiger partial charge is 0.0210 e. The highest BCUT2D eigenvalue weighted by molar-refractivity contribution is 7.99. The highest BCUT2D eigenvalue weighted by Crippen LogP contribution is 2.22. The normalized spacial score (nSPS) is 12.8. The standard InChI is InChI=1S/C15H22ClNS/c1-12(9-16)11-18-14-7-5-6-13(8-14)10-17-15(2,3)4/h5-9,17H,10-11H2,1-4H3/b12-9-. The first kappa shape index (κ1) is 15.6. The lowest BCUT2D eigenvalue weighted by molar-refractivity contribution is 0.424. The largest absolute Gasteiger partial charge is 0.308 e. The van der Waals surface area contributed by atoms with E-state index < -0.39 is 0 Å². The zero-order valence-electron chi connectivity index (χ0n) is 11.6. The van der Waals surface area contributed by atoms with Crippen molar-refractivity contribution >= 4 is 23.4 Å². The van der Waals surface area contributed by atoms with Gasteiger partial charge in [0.25, 0.3) is 0 Å². The van der Waals surface area contributed by atoms with Gasteiger partial charge in [0.15, 0.2) is 0 Å². The fourth-order valence-corrected chi connectivity index (χ4v) is 2.40. The van der Waals surface area contributed by atoms with Crippen LogP contribution in [0.25, 0.3) is 0 Å². The van der Waals surface area contributed by atoms with E-state index in [1.165, 1.54) is 16.0 Å². The first-order valence-electron chi connectivity index (χ1n) is 6.13. The summed E-state index contributed by atoms with van der Waals surface area (Å²) in [6, 6.07) is 8.66. The number of hydrogen-bond donors (Lipinski definition) is 1. The van der Waals surface area contributed by atoms with Crippen LogP contribution in [0.15, 0.2) is 40.3 Å². The lowest BCUT2D eigenvalue weighted by atomic mass is 10.1. The van der Waals surface area contributed by atoms with Gasteiger partial charge in [-0.15, -0.1) is 11.8 Å². The van der Waals surface area contributed by atoms with Crippen LogP contribution in [0.1, 0.15) is 33.3 Å². The maximum atomic E-state index is 5.66. The number of benzene rings is 1. The molecule has 0 saturated heterocycles. The second kappa shape index (κ2) is 7.22. The van der Waals surface area contributed by atoms with Gasteiger partial charge in [-0.05, 0) is 45.4 Å². The first-order valence-corrected chi connectivity index (χ1v) is 7.55. The molecule has 0 aliphatic heterocycles.